The van der Waals surface area contributed by atoms with Crippen LogP contribution in [0.4, 0.5) is 17.1 Å². The molecule has 0 aliphatic heterocycles. The quantitative estimate of drug-likeness (QED) is 0.185. The molecule has 8 aromatic carbocycles. The van der Waals surface area contributed by atoms with Gasteiger partial charge in [0.15, 0.2) is 5.58 Å². The van der Waals surface area contributed by atoms with E-state index in [1.54, 1.807) is 0 Å². The second-order valence-corrected chi connectivity index (χ2v) is 12.1. The molecule has 0 unspecified atom stereocenters. The molecule has 48 heavy (non-hydrogen) atoms. The number of nitrogens with zero attached hydrogens (tertiary/aromatic N) is 1. The fourth-order valence-corrected chi connectivity index (χ4v) is 6.93. The molecule has 0 aliphatic rings. The molecular weight excluding hydrogens is 583 g/mol. The number of anilines is 3. The Morgan fingerprint density at radius 2 is 0.854 bits per heavy atom. The number of rotatable bonds is 6. The molecule has 2 heteroatoms. The van der Waals surface area contributed by atoms with Crippen LogP contribution >= 0.6 is 0 Å². The van der Waals surface area contributed by atoms with E-state index in [9.17, 15) is 0 Å². The third-order valence-corrected chi connectivity index (χ3v) is 9.26. The third kappa shape index (κ3) is 4.83. The van der Waals surface area contributed by atoms with Gasteiger partial charge < -0.3 is 9.32 Å². The normalized spacial score (nSPS) is 11.3. The SMILES string of the molecule is c1ccc(-c2ccc(-c3ccc(N(c4ccccc4)c4cc5ccccc5c5c4oc4c(-c6ccccc6)cccc45)cc3)cc2)cc1. The Hall–Kier alpha value is -6.38. The van der Waals surface area contributed by atoms with Crippen LogP contribution in [0.25, 0.3) is 66.1 Å². The third-order valence-electron chi connectivity index (χ3n) is 9.26. The standard InChI is InChI=1S/C46H31NO/c1-4-13-32(14-5-1)33-23-25-34(26-24-33)35-27-29-39(30-28-35)47(38-18-8-3-9-19-38)43-31-37-17-10-11-20-40(37)44-42-22-12-21-41(45(42)48-46(43)44)36-15-6-2-7-16-36/h1-31H. The summed E-state index contributed by atoms with van der Waals surface area (Å²) in [4.78, 5) is 2.32. The van der Waals surface area contributed by atoms with Crippen LogP contribution in [0.3, 0.4) is 0 Å². The number of benzene rings is 8. The Morgan fingerprint density at radius 1 is 0.354 bits per heavy atom. The van der Waals surface area contributed by atoms with Crippen molar-refractivity contribution in [3.8, 4) is 33.4 Å². The second-order valence-electron chi connectivity index (χ2n) is 12.1. The van der Waals surface area contributed by atoms with Crippen LogP contribution in [-0.4, -0.2) is 0 Å². The lowest BCUT2D eigenvalue weighted by atomic mass is 9.98. The van der Waals surface area contributed by atoms with E-state index in [4.69, 9.17) is 4.42 Å². The summed E-state index contributed by atoms with van der Waals surface area (Å²) in [7, 11) is 0. The van der Waals surface area contributed by atoms with Crippen LogP contribution in [0.2, 0.25) is 0 Å². The van der Waals surface area contributed by atoms with Crippen LogP contribution in [0.1, 0.15) is 0 Å². The molecule has 0 N–H and O–H groups in total. The van der Waals surface area contributed by atoms with Gasteiger partial charge in [-0.05, 0) is 68.9 Å². The Kier molecular flexibility index (Phi) is 6.84. The maximum absolute atomic E-state index is 7.00. The minimum absolute atomic E-state index is 0.872. The van der Waals surface area contributed by atoms with Crippen LogP contribution < -0.4 is 4.90 Å². The molecule has 0 atom stereocenters. The highest BCUT2D eigenvalue weighted by molar-refractivity contribution is 6.24. The average Bonchev–Trinajstić information content (AvgIpc) is 3.57. The maximum atomic E-state index is 7.00. The number of para-hydroxylation sites is 2. The number of furan rings is 1. The van der Waals surface area contributed by atoms with Gasteiger partial charge >= 0.3 is 0 Å². The van der Waals surface area contributed by atoms with E-state index in [-0.39, 0.29) is 0 Å². The fraction of sp³-hybridized carbons (Fsp3) is 0. The molecule has 9 rings (SSSR count). The monoisotopic (exact) mass is 613 g/mol. The van der Waals surface area contributed by atoms with Crippen molar-refractivity contribution in [3.63, 3.8) is 0 Å². The first-order valence-corrected chi connectivity index (χ1v) is 16.4. The van der Waals surface area contributed by atoms with Crippen molar-refractivity contribution in [2.24, 2.45) is 0 Å². The number of fused-ring (bicyclic) bond motifs is 5. The molecule has 0 saturated carbocycles. The lowest BCUT2D eigenvalue weighted by Crippen LogP contribution is -2.10. The van der Waals surface area contributed by atoms with E-state index in [1.807, 2.05) is 0 Å². The molecule has 1 aromatic heterocycles. The molecule has 0 fully saturated rings. The minimum atomic E-state index is 0.872. The van der Waals surface area contributed by atoms with E-state index in [0.29, 0.717) is 0 Å². The average molecular weight is 614 g/mol. The summed E-state index contributed by atoms with van der Waals surface area (Å²) in [5.74, 6) is 0. The summed E-state index contributed by atoms with van der Waals surface area (Å²) in [6, 6.07) is 66.6. The molecule has 0 aliphatic carbocycles. The summed E-state index contributed by atoms with van der Waals surface area (Å²) in [6.07, 6.45) is 0. The van der Waals surface area contributed by atoms with Gasteiger partial charge in [-0.1, -0.05) is 158 Å². The Balaban J connectivity index is 1.22. The lowest BCUT2D eigenvalue weighted by molar-refractivity contribution is 0.670. The van der Waals surface area contributed by atoms with Crippen molar-refractivity contribution in [2.75, 3.05) is 4.90 Å². The van der Waals surface area contributed by atoms with Crippen molar-refractivity contribution in [1.82, 2.24) is 0 Å². The van der Waals surface area contributed by atoms with Gasteiger partial charge in [0, 0.05) is 27.7 Å². The van der Waals surface area contributed by atoms with Gasteiger partial charge in [0.2, 0.25) is 0 Å². The summed E-state index contributed by atoms with van der Waals surface area (Å²) in [6.45, 7) is 0. The molecule has 0 bridgehead atoms. The zero-order valence-electron chi connectivity index (χ0n) is 26.3. The summed E-state index contributed by atoms with van der Waals surface area (Å²) >= 11 is 0. The van der Waals surface area contributed by atoms with Crippen molar-refractivity contribution < 1.29 is 4.42 Å². The number of hydrogen-bond acceptors (Lipinski definition) is 2. The highest BCUT2D eigenvalue weighted by Crippen LogP contribution is 2.47. The Labute approximate surface area is 279 Å². The highest BCUT2D eigenvalue weighted by atomic mass is 16.3. The van der Waals surface area contributed by atoms with E-state index in [1.165, 1.54) is 33.0 Å². The second kappa shape index (κ2) is 11.8. The van der Waals surface area contributed by atoms with Crippen molar-refractivity contribution in [3.05, 3.63) is 188 Å². The zero-order chi connectivity index (χ0) is 31.9. The van der Waals surface area contributed by atoms with Crippen molar-refractivity contribution in [2.45, 2.75) is 0 Å². The summed E-state index contributed by atoms with van der Waals surface area (Å²) < 4.78 is 7.00. The van der Waals surface area contributed by atoms with Gasteiger partial charge in [-0.2, -0.15) is 0 Å². The molecule has 226 valence electrons. The van der Waals surface area contributed by atoms with Crippen LogP contribution in [0.15, 0.2) is 192 Å². The smallest absolute Gasteiger partial charge is 0.160 e. The Bertz CT molecular complexity index is 2520. The molecule has 9 aromatic rings. The number of hydrogen-bond donors (Lipinski definition) is 0. The maximum Gasteiger partial charge on any atom is 0.160 e. The van der Waals surface area contributed by atoms with Gasteiger partial charge in [0.25, 0.3) is 0 Å². The largest absolute Gasteiger partial charge is 0.453 e. The van der Waals surface area contributed by atoms with Crippen molar-refractivity contribution >= 4 is 49.8 Å². The van der Waals surface area contributed by atoms with Gasteiger partial charge in [0.1, 0.15) is 5.58 Å². The molecule has 2 nitrogen and oxygen atoms in total. The first-order chi connectivity index (χ1) is 23.8. The molecule has 0 saturated heterocycles. The molecule has 0 radical (unpaired) electrons. The van der Waals surface area contributed by atoms with E-state index in [2.05, 4.69) is 193 Å². The van der Waals surface area contributed by atoms with Gasteiger partial charge in [-0.15, -0.1) is 0 Å². The van der Waals surface area contributed by atoms with Gasteiger partial charge in [0.05, 0.1) is 5.69 Å². The van der Waals surface area contributed by atoms with Gasteiger partial charge in [-0.25, -0.2) is 0 Å². The van der Waals surface area contributed by atoms with Crippen LogP contribution in [0.5, 0.6) is 0 Å². The van der Waals surface area contributed by atoms with E-state index < -0.39 is 0 Å². The zero-order valence-corrected chi connectivity index (χ0v) is 26.3. The molecule has 1 heterocycles. The Morgan fingerprint density at radius 3 is 1.52 bits per heavy atom. The van der Waals surface area contributed by atoms with Crippen molar-refractivity contribution in [1.29, 1.82) is 0 Å². The fourth-order valence-electron chi connectivity index (χ4n) is 6.93. The van der Waals surface area contributed by atoms with Crippen LogP contribution in [0, 0.1) is 0 Å². The summed E-state index contributed by atoms with van der Waals surface area (Å²) in [5.41, 5.74) is 11.9. The predicted octanol–water partition coefficient (Wildman–Crippen LogP) is 13.2. The topological polar surface area (TPSA) is 16.4 Å². The summed E-state index contributed by atoms with van der Waals surface area (Å²) in [5, 5.41) is 4.60. The van der Waals surface area contributed by atoms with Crippen LogP contribution in [-0.2, 0) is 0 Å². The molecule has 0 amide bonds. The lowest BCUT2D eigenvalue weighted by Gasteiger charge is -2.26. The first kappa shape index (κ1) is 27.9. The molecular formula is C46H31NO. The predicted molar refractivity (Wildman–Crippen MR) is 202 cm³/mol. The highest BCUT2D eigenvalue weighted by Gasteiger charge is 2.23. The molecule has 0 spiro atoms. The minimum Gasteiger partial charge on any atom is -0.453 e. The van der Waals surface area contributed by atoms with E-state index in [0.717, 1.165) is 50.1 Å². The van der Waals surface area contributed by atoms with Gasteiger partial charge in [-0.3, -0.25) is 0 Å². The first-order valence-electron chi connectivity index (χ1n) is 16.4. The van der Waals surface area contributed by atoms with E-state index >= 15 is 0 Å².